The molecule has 0 heterocycles. The molecule has 6 heteroatoms. The molecule has 2 aromatic rings. The summed E-state index contributed by atoms with van der Waals surface area (Å²) in [6.45, 7) is 1.88. The molecule has 98 valence electrons. The van der Waals surface area contributed by atoms with Crippen molar-refractivity contribution in [3.05, 3.63) is 65.2 Å². The summed E-state index contributed by atoms with van der Waals surface area (Å²) in [6, 6.07) is 10.3. The third-order valence-electron chi connectivity index (χ3n) is 2.27. The van der Waals surface area contributed by atoms with Crippen molar-refractivity contribution in [1.29, 1.82) is 0 Å². The first-order valence-corrected chi connectivity index (χ1v) is 5.22. The zero-order chi connectivity index (χ0) is 13.1. The van der Waals surface area contributed by atoms with E-state index in [9.17, 15) is 13.6 Å². The van der Waals surface area contributed by atoms with Crippen molar-refractivity contribution in [3.63, 3.8) is 0 Å². The Labute approximate surface area is 166 Å². The van der Waals surface area contributed by atoms with Crippen LogP contribution in [0.15, 0.2) is 36.4 Å². The van der Waals surface area contributed by atoms with Gasteiger partial charge in [-0.2, -0.15) is 0 Å². The fraction of sp³-hybridized carbons (Fsp3) is 0.0714. The summed E-state index contributed by atoms with van der Waals surface area (Å²) in [5, 5.41) is 0. The summed E-state index contributed by atoms with van der Waals surface area (Å²) >= 11 is 0. The molecule has 0 aliphatic heterocycles. The molecule has 0 bridgehead atoms. The normalized spacial score (nSPS) is 9.15. The summed E-state index contributed by atoms with van der Waals surface area (Å²) in [4.78, 5) is 11.7. The Bertz CT molecular complexity index is 566. The number of carbonyl (C=O) groups is 1. The zero-order valence-corrected chi connectivity index (χ0v) is 16.4. The fourth-order valence-electron chi connectivity index (χ4n) is 1.39. The van der Waals surface area contributed by atoms with Crippen molar-refractivity contribution >= 4 is 5.97 Å². The van der Waals surface area contributed by atoms with E-state index in [0.717, 1.165) is 17.7 Å². The van der Waals surface area contributed by atoms with Crippen LogP contribution in [0, 0.1) is 24.6 Å². The van der Waals surface area contributed by atoms with Crippen molar-refractivity contribution in [2.24, 2.45) is 0 Å². The van der Waals surface area contributed by atoms with Gasteiger partial charge in [-0.25, -0.2) is 13.6 Å². The molecule has 0 aliphatic rings. The van der Waals surface area contributed by atoms with E-state index >= 15 is 0 Å². The summed E-state index contributed by atoms with van der Waals surface area (Å²) in [5.74, 6) is -2.68. The van der Waals surface area contributed by atoms with Crippen molar-refractivity contribution < 1.29 is 83.7 Å². The van der Waals surface area contributed by atoms with Crippen LogP contribution in [0.5, 0.6) is 5.75 Å². The average molecular weight is 425 g/mol. The van der Waals surface area contributed by atoms with Crippen LogP contribution in [0.4, 0.5) is 8.78 Å². The van der Waals surface area contributed by atoms with E-state index < -0.39 is 17.6 Å². The molecule has 0 saturated heterocycles. The number of hydrogen-bond donors (Lipinski definition) is 0. The van der Waals surface area contributed by atoms with Crippen molar-refractivity contribution in [2.75, 3.05) is 0 Å². The van der Waals surface area contributed by atoms with Crippen LogP contribution in [-0.2, 0) is 65.4 Å². The van der Waals surface area contributed by atoms with E-state index in [1.807, 2.05) is 6.92 Å². The maximum absolute atomic E-state index is 12.8. The molecule has 2 aromatic carbocycles. The molecule has 0 N–H and O–H groups in total. The molecule has 2 radical (unpaired) electrons. The van der Waals surface area contributed by atoms with Gasteiger partial charge < -0.3 is 4.74 Å². The van der Waals surface area contributed by atoms with E-state index in [0.29, 0.717) is 5.56 Å². The minimum atomic E-state index is -0.915. The van der Waals surface area contributed by atoms with Crippen LogP contribution >= 0.6 is 0 Å². The largest absolute Gasteiger partial charge is 0.449 e. The number of hydrogen-bond acceptors (Lipinski definition) is 2. The van der Waals surface area contributed by atoms with Gasteiger partial charge in [-0.1, -0.05) is 29.8 Å². The summed E-state index contributed by atoms with van der Waals surface area (Å²) < 4.78 is 30.6. The monoisotopic (exact) mass is 425 g/mol. The quantitative estimate of drug-likeness (QED) is 0.420. The first-order valence-electron chi connectivity index (χ1n) is 5.22. The first kappa shape index (κ1) is 20.0. The Morgan fingerprint density at radius 3 is 2.05 bits per heavy atom. The molecule has 0 spiro atoms. The standard InChI is InChI=1S/C14H9F2O2.2Y/c1-9-2-4-10(5-3-9)14(17)18-13-7-11(15)6-12(16)8-13;;/h2-5,7-8H,1H3;;/q-1;;. The second kappa shape index (κ2) is 9.09. The van der Waals surface area contributed by atoms with Gasteiger partial charge >= 0.3 is 5.97 Å². The Morgan fingerprint density at radius 1 is 1.05 bits per heavy atom. The van der Waals surface area contributed by atoms with E-state index in [-0.39, 0.29) is 71.2 Å². The molecule has 0 aliphatic carbocycles. The molecule has 0 saturated carbocycles. The number of esters is 1. The predicted molar refractivity (Wildman–Crippen MR) is 61.3 cm³/mol. The maximum Gasteiger partial charge on any atom is 0.341 e. The van der Waals surface area contributed by atoms with Crippen LogP contribution in [0.3, 0.4) is 0 Å². The fourth-order valence-corrected chi connectivity index (χ4v) is 1.39. The molecule has 0 amide bonds. The molecule has 20 heavy (non-hydrogen) atoms. The van der Waals surface area contributed by atoms with Crippen LogP contribution in [0.25, 0.3) is 0 Å². The average Bonchev–Trinajstić information content (AvgIpc) is 2.28. The summed E-state index contributed by atoms with van der Waals surface area (Å²) in [5.41, 5.74) is 1.31. The number of carbonyl (C=O) groups excluding carboxylic acids is 1. The van der Waals surface area contributed by atoms with Gasteiger partial charge in [0.2, 0.25) is 0 Å². The molecule has 0 unspecified atom stereocenters. The molecule has 2 rings (SSSR count). The Hall–Kier alpha value is -0.0222. The maximum atomic E-state index is 12.8. The smallest absolute Gasteiger partial charge is 0.341 e. The molecule has 2 nitrogen and oxygen atoms in total. The molecule has 0 fully saturated rings. The molecular formula is C14H9F2O2Y2-. The van der Waals surface area contributed by atoms with Crippen LogP contribution in [0.2, 0.25) is 0 Å². The number of benzene rings is 2. The SMILES string of the molecule is Cc1ccc(C(=O)Oc2cc(F)[c-]c(F)c2)cc1.[Y].[Y]. The van der Waals surface area contributed by atoms with Crippen LogP contribution < -0.4 is 4.74 Å². The third-order valence-corrected chi connectivity index (χ3v) is 2.27. The minimum Gasteiger partial charge on any atom is -0.449 e. The van der Waals surface area contributed by atoms with Crippen molar-refractivity contribution in [1.82, 2.24) is 0 Å². The third kappa shape index (κ3) is 5.77. The summed E-state index contributed by atoms with van der Waals surface area (Å²) in [6.07, 6.45) is 0. The summed E-state index contributed by atoms with van der Waals surface area (Å²) in [7, 11) is 0. The second-order valence-corrected chi connectivity index (χ2v) is 3.77. The Kier molecular flexibility index (Phi) is 9.08. The first-order chi connectivity index (χ1) is 8.54. The second-order valence-electron chi connectivity index (χ2n) is 3.77. The topological polar surface area (TPSA) is 26.3 Å². The van der Waals surface area contributed by atoms with Gasteiger partial charge in [0.1, 0.15) is 0 Å². The van der Waals surface area contributed by atoms with E-state index in [4.69, 9.17) is 4.74 Å². The minimum absolute atomic E-state index is 0. The van der Waals surface area contributed by atoms with Gasteiger partial charge in [-0.15, -0.1) is 6.07 Å². The number of aryl methyl sites for hydroxylation is 1. The zero-order valence-electron chi connectivity index (χ0n) is 10.7. The van der Waals surface area contributed by atoms with Gasteiger partial charge in [0.15, 0.2) is 0 Å². The number of ether oxygens (including phenoxy) is 1. The molecular weight excluding hydrogens is 416 g/mol. The van der Waals surface area contributed by atoms with Gasteiger partial charge in [-0.3, -0.25) is 0 Å². The van der Waals surface area contributed by atoms with Crippen LogP contribution in [0.1, 0.15) is 15.9 Å². The van der Waals surface area contributed by atoms with Gasteiger partial charge in [-0.05, 0) is 19.1 Å². The van der Waals surface area contributed by atoms with E-state index in [1.54, 1.807) is 30.3 Å². The predicted octanol–water partition coefficient (Wildman–Crippen LogP) is 3.29. The molecule has 0 aromatic heterocycles. The Balaban J connectivity index is 0.00000180. The van der Waals surface area contributed by atoms with Crippen molar-refractivity contribution in [2.45, 2.75) is 6.92 Å². The van der Waals surface area contributed by atoms with Crippen LogP contribution in [-0.4, -0.2) is 5.97 Å². The van der Waals surface area contributed by atoms with E-state index in [1.165, 1.54) is 0 Å². The van der Waals surface area contributed by atoms with Gasteiger partial charge in [0.25, 0.3) is 0 Å². The van der Waals surface area contributed by atoms with Crippen molar-refractivity contribution in [3.8, 4) is 5.75 Å². The number of rotatable bonds is 2. The Morgan fingerprint density at radius 2 is 1.55 bits per heavy atom. The van der Waals surface area contributed by atoms with E-state index in [2.05, 4.69) is 0 Å². The van der Waals surface area contributed by atoms with Gasteiger partial charge in [0, 0.05) is 82.8 Å². The molecule has 0 atom stereocenters. The number of halogens is 2. The van der Waals surface area contributed by atoms with Gasteiger partial charge in [0.05, 0.1) is 5.56 Å².